The summed E-state index contributed by atoms with van der Waals surface area (Å²) in [7, 11) is 0. The standard InChI is InChI=1S/C19H20F2N4O4/c20-14-4-3-13(10-15(14)21)23-17(26)11-22-18(27)12-24-5-7-25(8-6-24)19(28)16-2-1-9-29-16/h1-4,9-10H,5-8,11-12H2,(H,22,27)(H,23,26). The van der Waals surface area contributed by atoms with Gasteiger partial charge in [-0.25, -0.2) is 8.78 Å². The van der Waals surface area contributed by atoms with Crippen molar-refractivity contribution in [3.8, 4) is 0 Å². The third-order valence-corrected chi connectivity index (χ3v) is 4.41. The molecule has 3 rings (SSSR count). The Bertz CT molecular complexity index is 880. The SMILES string of the molecule is O=C(CN1CCN(C(=O)c2ccco2)CC1)NCC(=O)Nc1ccc(F)c(F)c1. The fourth-order valence-corrected chi connectivity index (χ4v) is 2.88. The summed E-state index contributed by atoms with van der Waals surface area (Å²) in [5, 5.41) is 4.85. The highest BCUT2D eigenvalue weighted by molar-refractivity contribution is 5.94. The van der Waals surface area contributed by atoms with E-state index in [0.29, 0.717) is 26.2 Å². The van der Waals surface area contributed by atoms with Crippen LogP contribution in [-0.2, 0) is 9.59 Å². The van der Waals surface area contributed by atoms with Gasteiger partial charge in [-0.05, 0) is 24.3 Å². The van der Waals surface area contributed by atoms with Crippen LogP contribution in [0.15, 0.2) is 41.0 Å². The predicted octanol–water partition coefficient (Wildman–Crippen LogP) is 1.07. The number of nitrogens with zero attached hydrogens (tertiary/aromatic N) is 2. The molecule has 0 bridgehead atoms. The Morgan fingerprint density at radius 1 is 1.00 bits per heavy atom. The molecule has 0 radical (unpaired) electrons. The predicted molar refractivity (Wildman–Crippen MR) is 99.0 cm³/mol. The van der Waals surface area contributed by atoms with Crippen LogP contribution in [0.4, 0.5) is 14.5 Å². The highest BCUT2D eigenvalue weighted by Crippen LogP contribution is 2.13. The molecule has 1 saturated heterocycles. The van der Waals surface area contributed by atoms with E-state index in [1.165, 1.54) is 12.3 Å². The lowest BCUT2D eigenvalue weighted by Crippen LogP contribution is -2.51. The van der Waals surface area contributed by atoms with Crippen LogP contribution in [0.2, 0.25) is 0 Å². The molecule has 2 N–H and O–H groups in total. The zero-order valence-electron chi connectivity index (χ0n) is 15.5. The Labute approximate surface area is 165 Å². The van der Waals surface area contributed by atoms with Crippen molar-refractivity contribution in [1.82, 2.24) is 15.1 Å². The quantitative estimate of drug-likeness (QED) is 0.749. The Hall–Kier alpha value is -3.27. The lowest BCUT2D eigenvalue weighted by molar-refractivity contribution is -0.125. The van der Waals surface area contributed by atoms with Crippen LogP contribution in [0.3, 0.4) is 0 Å². The smallest absolute Gasteiger partial charge is 0.289 e. The van der Waals surface area contributed by atoms with E-state index in [4.69, 9.17) is 4.42 Å². The van der Waals surface area contributed by atoms with Gasteiger partial charge in [0.2, 0.25) is 11.8 Å². The van der Waals surface area contributed by atoms with Crippen LogP contribution in [-0.4, -0.2) is 66.8 Å². The van der Waals surface area contributed by atoms with Crippen LogP contribution in [0, 0.1) is 11.6 Å². The van der Waals surface area contributed by atoms with E-state index in [1.807, 2.05) is 4.90 Å². The summed E-state index contributed by atoms with van der Waals surface area (Å²) in [5.41, 5.74) is 0.0977. The maximum Gasteiger partial charge on any atom is 0.289 e. The monoisotopic (exact) mass is 406 g/mol. The van der Waals surface area contributed by atoms with E-state index in [0.717, 1.165) is 12.1 Å². The summed E-state index contributed by atoms with van der Waals surface area (Å²) in [6, 6.07) is 6.24. The van der Waals surface area contributed by atoms with Crippen molar-refractivity contribution in [3.63, 3.8) is 0 Å². The summed E-state index contributed by atoms with van der Waals surface area (Å²) in [6.45, 7) is 1.74. The number of carbonyl (C=O) groups excluding carboxylic acids is 3. The first-order valence-corrected chi connectivity index (χ1v) is 8.99. The van der Waals surface area contributed by atoms with E-state index in [2.05, 4.69) is 10.6 Å². The molecule has 10 heteroatoms. The van der Waals surface area contributed by atoms with E-state index in [9.17, 15) is 23.2 Å². The number of anilines is 1. The molecule has 0 aliphatic carbocycles. The number of benzene rings is 1. The van der Waals surface area contributed by atoms with E-state index >= 15 is 0 Å². The van der Waals surface area contributed by atoms with Crippen molar-refractivity contribution in [2.45, 2.75) is 0 Å². The number of piperazine rings is 1. The maximum atomic E-state index is 13.1. The van der Waals surface area contributed by atoms with Crippen molar-refractivity contribution in [1.29, 1.82) is 0 Å². The van der Waals surface area contributed by atoms with Gasteiger partial charge < -0.3 is 20.0 Å². The Kier molecular flexibility index (Phi) is 6.55. The fourth-order valence-electron chi connectivity index (χ4n) is 2.88. The normalized spacial score (nSPS) is 14.5. The number of carbonyl (C=O) groups is 3. The van der Waals surface area contributed by atoms with Gasteiger partial charge in [0.05, 0.1) is 19.4 Å². The van der Waals surface area contributed by atoms with Crippen LogP contribution < -0.4 is 10.6 Å². The largest absolute Gasteiger partial charge is 0.459 e. The Morgan fingerprint density at radius 2 is 1.76 bits per heavy atom. The first-order valence-electron chi connectivity index (χ1n) is 8.99. The van der Waals surface area contributed by atoms with Crippen molar-refractivity contribution < 1.29 is 27.6 Å². The number of nitrogens with one attached hydrogen (secondary N) is 2. The van der Waals surface area contributed by atoms with Crippen LogP contribution in [0.1, 0.15) is 10.6 Å². The average molecular weight is 406 g/mol. The topological polar surface area (TPSA) is 94.9 Å². The number of halogens is 2. The number of furan rings is 1. The summed E-state index contributed by atoms with van der Waals surface area (Å²) in [4.78, 5) is 39.6. The summed E-state index contributed by atoms with van der Waals surface area (Å²) < 4.78 is 31.1. The number of hydrogen-bond donors (Lipinski definition) is 2. The van der Waals surface area contributed by atoms with E-state index < -0.39 is 17.5 Å². The summed E-state index contributed by atoms with van der Waals surface area (Å²) in [5.74, 6) is -2.90. The first kappa shape index (κ1) is 20.5. The maximum absolute atomic E-state index is 13.1. The highest BCUT2D eigenvalue weighted by Gasteiger charge is 2.24. The Morgan fingerprint density at radius 3 is 2.41 bits per heavy atom. The van der Waals surface area contributed by atoms with E-state index in [-0.39, 0.29) is 36.4 Å². The number of amides is 3. The molecule has 1 fully saturated rings. The minimum absolute atomic E-state index is 0.0846. The van der Waals surface area contributed by atoms with Crippen molar-refractivity contribution in [3.05, 3.63) is 54.0 Å². The first-order chi connectivity index (χ1) is 13.9. The molecule has 0 atom stereocenters. The second-order valence-electron chi connectivity index (χ2n) is 6.50. The van der Waals surface area contributed by atoms with Crippen LogP contribution in [0.25, 0.3) is 0 Å². The molecule has 0 saturated carbocycles. The van der Waals surface area contributed by atoms with Gasteiger partial charge in [-0.3, -0.25) is 19.3 Å². The molecule has 2 heterocycles. The molecule has 29 heavy (non-hydrogen) atoms. The van der Waals surface area contributed by atoms with Crippen LogP contribution >= 0.6 is 0 Å². The second kappa shape index (κ2) is 9.28. The van der Waals surface area contributed by atoms with Gasteiger partial charge in [-0.2, -0.15) is 0 Å². The molecule has 1 aromatic carbocycles. The minimum atomic E-state index is -1.07. The van der Waals surface area contributed by atoms with E-state index in [1.54, 1.807) is 17.0 Å². The molecule has 1 aliphatic heterocycles. The van der Waals surface area contributed by atoms with Crippen molar-refractivity contribution in [2.24, 2.45) is 0 Å². The zero-order valence-corrected chi connectivity index (χ0v) is 15.5. The van der Waals surface area contributed by atoms with Gasteiger partial charge in [-0.1, -0.05) is 0 Å². The van der Waals surface area contributed by atoms with Gasteiger partial charge >= 0.3 is 0 Å². The molecule has 0 spiro atoms. The lowest BCUT2D eigenvalue weighted by atomic mass is 10.2. The summed E-state index contributed by atoms with van der Waals surface area (Å²) in [6.07, 6.45) is 1.44. The minimum Gasteiger partial charge on any atom is -0.459 e. The highest BCUT2D eigenvalue weighted by atomic mass is 19.2. The van der Waals surface area contributed by atoms with Gasteiger partial charge in [0.15, 0.2) is 17.4 Å². The molecule has 1 aliphatic rings. The third kappa shape index (κ3) is 5.61. The molecular formula is C19H20F2N4O4. The number of rotatable bonds is 6. The molecule has 3 amide bonds. The molecule has 154 valence electrons. The van der Waals surface area contributed by atoms with Crippen LogP contribution in [0.5, 0.6) is 0 Å². The fraction of sp³-hybridized carbons (Fsp3) is 0.316. The number of hydrogen-bond acceptors (Lipinski definition) is 5. The second-order valence-corrected chi connectivity index (χ2v) is 6.50. The molecule has 0 unspecified atom stereocenters. The van der Waals surface area contributed by atoms with Gasteiger partial charge in [-0.15, -0.1) is 0 Å². The molecule has 8 nitrogen and oxygen atoms in total. The van der Waals surface area contributed by atoms with Gasteiger partial charge in [0, 0.05) is 37.9 Å². The van der Waals surface area contributed by atoms with Gasteiger partial charge in [0.1, 0.15) is 0 Å². The van der Waals surface area contributed by atoms with Crippen molar-refractivity contribution in [2.75, 3.05) is 44.6 Å². The molecular weight excluding hydrogens is 386 g/mol. The Balaban J connectivity index is 1.37. The summed E-state index contributed by atoms with van der Waals surface area (Å²) >= 11 is 0. The molecule has 1 aromatic heterocycles. The molecule has 2 aromatic rings. The van der Waals surface area contributed by atoms with Gasteiger partial charge in [0.25, 0.3) is 5.91 Å². The third-order valence-electron chi connectivity index (χ3n) is 4.41. The zero-order chi connectivity index (χ0) is 20.8. The van der Waals surface area contributed by atoms with Crippen molar-refractivity contribution >= 4 is 23.4 Å². The lowest BCUT2D eigenvalue weighted by Gasteiger charge is -2.33. The average Bonchev–Trinajstić information content (AvgIpc) is 3.24.